The van der Waals surface area contributed by atoms with Gasteiger partial charge in [0, 0.05) is 0 Å². The van der Waals surface area contributed by atoms with Crippen LogP contribution in [0.4, 0.5) is 5.00 Å². The molecule has 84 valence electrons. The highest BCUT2D eigenvalue weighted by Crippen LogP contribution is 2.31. The lowest BCUT2D eigenvalue weighted by Crippen LogP contribution is -1.86. The molecule has 0 bridgehead atoms. The van der Waals surface area contributed by atoms with Crippen LogP contribution in [0.3, 0.4) is 0 Å². The zero-order valence-corrected chi connectivity index (χ0v) is 9.18. The number of aromatic nitrogens is 1. The lowest BCUT2D eigenvalue weighted by molar-refractivity contribution is -0.380. The van der Waals surface area contributed by atoms with E-state index in [4.69, 9.17) is 10.00 Å². The number of rotatable bonds is 3. The third kappa shape index (κ3) is 2.38. The van der Waals surface area contributed by atoms with Crippen LogP contribution < -0.4 is 4.74 Å². The van der Waals surface area contributed by atoms with Gasteiger partial charge in [-0.2, -0.15) is 5.26 Å². The molecule has 1 heterocycles. The second kappa shape index (κ2) is 4.59. The summed E-state index contributed by atoms with van der Waals surface area (Å²) in [5.41, 5.74) is 0.352. The van der Waals surface area contributed by atoms with E-state index in [1.54, 1.807) is 24.3 Å². The van der Waals surface area contributed by atoms with E-state index >= 15 is 0 Å². The number of thiazole rings is 1. The zero-order valence-electron chi connectivity index (χ0n) is 8.36. The molecule has 0 aliphatic heterocycles. The normalized spacial score (nSPS) is 9.59. The molecule has 0 spiro atoms. The molecule has 2 rings (SSSR count). The van der Waals surface area contributed by atoms with E-state index in [1.807, 2.05) is 6.07 Å². The van der Waals surface area contributed by atoms with Crippen LogP contribution >= 0.6 is 11.3 Å². The number of ether oxygens (including phenoxy) is 1. The summed E-state index contributed by atoms with van der Waals surface area (Å²) in [6.07, 6.45) is 1.12. The molecule has 1 aromatic heterocycles. The van der Waals surface area contributed by atoms with Crippen LogP contribution in [-0.2, 0) is 0 Å². The van der Waals surface area contributed by atoms with Crippen LogP contribution in [0, 0.1) is 21.4 Å². The minimum Gasteiger partial charge on any atom is -0.429 e. The van der Waals surface area contributed by atoms with Crippen molar-refractivity contribution in [2.24, 2.45) is 0 Å². The Kier molecular flexibility index (Phi) is 2.98. The first-order valence-corrected chi connectivity index (χ1v) is 5.29. The molecule has 0 aliphatic carbocycles. The minimum absolute atomic E-state index is 0.102. The Hall–Kier alpha value is -2.46. The molecular weight excluding hydrogens is 242 g/mol. The van der Waals surface area contributed by atoms with Crippen molar-refractivity contribution in [3.8, 4) is 17.0 Å². The second-order valence-corrected chi connectivity index (χ2v) is 3.90. The number of nitrogens with zero attached hydrogens (tertiary/aromatic N) is 3. The first-order valence-electron chi connectivity index (χ1n) is 4.48. The van der Waals surface area contributed by atoms with Crippen molar-refractivity contribution in [1.29, 1.82) is 5.26 Å². The molecule has 0 unspecified atom stereocenters. The highest BCUT2D eigenvalue weighted by molar-refractivity contribution is 7.16. The number of nitriles is 1. The van der Waals surface area contributed by atoms with Crippen LogP contribution in [0.5, 0.6) is 10.9 Å². The van der Waals surface area contributed by atoms with E-state index in [1.165, 1.54) is 0 Å². The molecule has 2 aromatic rings. The summed E-state index contributed by atoms with van der Waals surface area (Å²) in [6.45, 7) is 0. The predicted octanol–water partition coefficient (Wildman–Crippen LogP) is 2.72. The number of hydrogen-bond acceptors (Lipinski definition) is 6. The molecule has 0 saturated carbocycles. The maximum Gasteiger partial charge on any atom is 0.347 e. The van der Waals surface area contributed by atoms with Crippen LogP contribution in [0.1, 0.15) is 5.56 Å². The van der Waals surface area contributed by atoms with Gasteiger partial charge in [0.1, 0.15) is 18.0 Å². The fraction of sp³-hybridized carbons (Fsp3) is 0. The van der Waals surface area contributed by atoms with Gasteiger partial charge in [-0.1, -0.05) is 12.1 Å². The molecule has 0 N–H and O–H groups in total. The van der Waals surface area contributed by atoms with Crippen LogP contribution in [0.25, 0.3) is 0 Å². The van der Waals surface area contributed by atoms with Crippen molar-refractivity contribution < 1.29 is 9.66 Å². The Morgan fingerprint density at radius 1 is 1.47 bits per heavy atom. The summed E-state index contributed by atoms with van der Waals surface area (Å²) in [6, 6.07) is 8.57. The van der Waals surface area contributed by atoms with Crippen LogP contribution in [0.15, 0.2) is 30.5 Å². The Morgan fingerprint density at radius 2 is 2.24 bits per heavy atom. The fourth-order valence-electron chi connectivity index (χ4n) is 1.12. The summed E-state index contributed by atoms with van der Waals surface area (Å²) in [5, 5.41) is 19.3. The van der Waals surface area contributed by atoms with Gasteiger partial charge in [0.25, 0.3) is 5.19 Å². The fourth-order valence-corrected chi connectivity index (χ4v) is 1.72. The van der Waals surface area contributed by atoms with Crippen LogP contribution in [0.2, 0.25) is 0 Å². The summed E-state index contributed by atoms with van der Waals surface area (Å²) < 4.78 is 5.31. The molecule has 6 nitrogen and oxygen atoms in total. The first kappa shape index (κ1) is 11.0. The monoisotopic (exact) mass is 247 g/mol. The standard InChI is InChI=1S/C10H5N3O3S/c11-5-7-3-1-2-4-8(7)16-10-12-6-9(17-10)13(14)15/h1-4,6H. The molecule has 0 fully saturated rings. The maximum absolute atomic E-state index is 10.5. The average Bonchev–Trinajstić information content (AvgIpc) is 2.78. The van der Waals surface area contributed by atoms with E-state index in [0.717, 1.165) is 17.5 Å². The SMILES string of the molecule is N#Cc1ccccc1Oc1ncc([N+](=O)[O-])s1. The van der Waals surface area contributed by atoms with Crippen molar-refractivity contribution in [2.75, 3.05) is 0 Å². The van der Waals surface area contributed by atoms with Gasteiger partial charge >= 0.3 is 5.00 Å². The highest BCUT2D eigenvalue weighted by Gasteiger charge is 2.14. The molecule has 0 radical (unpaired) electrons. The van der Waals surface area contributed by atoms with E-state index in [2.05, 4.69) is 4.98 Å². The lowest BCUT2D eigenvalue weighted by Gasteiger charge is -2.01. The zero-order chi connectivity index (χ0) is 12.3. The molecule has 0 atom stereocenters. The van der Waals surface area contributed by atoms with Gasteiger partial charge in [-0.05, 0) is 23.5 Å². The van der Waals surface area contributed by atoms with Gasteiger partial charge in [-0.3, -0.25) is 10.1 Å². The van der Waals surface area contributed by atoms with Crippen molar-refractivity contribution in [2.45, 2.75) is 0 Å². The maximum atomic E-state index is 10.5. The third-order valence-electron chi connectivity index (χ3n) is 1.86. The van der Waals surface area contributed by atoms with Crippen LogP contribution in [-0.4, -0.2) is 9.91 Å². The molecule has 17 heavy (non-hydrogen) atoms. The van der Waals surface area contributed by atoms with Gasteiger partial charge in [0.05, 0.1) is 10.5 Å². The first-order chi connectivity index (χ1) is 8.20. The Labute approximate surface area is 99.9 Å². The second-order valence-electron chi connectivity index (χ2n) is 2.93. The Balaban J connectivity index is 2.26. The van der Waals surface area contributed by atoms with Crippen molar-refractivity contribution >= 4 is 16.3 Å². The highest BCUT2D eigenvalue weighted by atomic mass is 32.1. The lowest BCUT2D eigenvalue weighted by atomic mass is 10.2. The molecule has 0 saturated heterocycles. The van der Waals surface area contributed by atoms with E-state index < -0.39 is 4.92 Å². The summed E-state index contributed by atoms with van der Waals surface area (Å²) in [4.78, 5) is 13.7. The smallest absolute Gasteiger partial charge is 0.347 e. The van der Waals surface area contributed by atoms with E-state index in [9.17, 15) is 10.1 Å². The number of benzene rings is 1. The van der Waals surface area contributed by atoms with Crippen molar-refractivity contribution in [1.82, 2.24) is 4.98 Å². The van der Waals surface area contributed by atoms with Crippen molar-refractivity contribution in [3.05, 3.63) is 46.1 Å². The topological polar surface area (TPSA) is 89.0 Å². The van der Waals surface area contributed by atoms with Crippen molar-refractivity contribution in [3.63, 3.8) is 0 Å². The van der Waals surface area contributed by atoms with E-state index in [-0.39, 0.29) is 10.2 Å². The minimum atomic E-state index is -0.541. The molecule has 0 amide bonds. The molecular formula is C10H5N3O3S. The summed E-state index contributed by atoms with van der Waals surface area (Å²) in [5.74, 6) is 0.333. The Bertz CT molecular complexity index is 603. The largest absolute Gasteiger partial charge is 0.429 e. The quantitative estimate of drug-likeness (QED) is 0.614. The van der Waals surface area contributed by atoms with Gasteiger partial charge in [-0.15, -0.1) is 0 Å². The Morgan fingerprint density at radius 3 is 2.88 bits per heavy atom. The van der Waals surface area contributed by atoms with Gasteiger partial charge in [0.15, 0.2) is 0 Å². The molecule has 7 heteroatoms. The van der Waals surface area contributed by atoms with Gasteiger partial charge < -0.3 is 4.74 Å². The van der Waals surface area contributed by atoms with Gasteiger partial charge in [-0.25, -0.2) is 4.98 Å². The predicted molar refractivity (Wildman–Crippen MR) is 60.0 cm³/mol. The number of hydrogen-bond donors (Lipinski definition) is 0. The number of para-hydroxylation sites is 1. The molecule has 0 aliphatic rings. The van der Waals surface area contributed by atoms with Gasteiger partial charge in [0.2, 0.25) is 0 Å². The summed E-state index contributed by atoms with van der Waals surface area (Å²) in [7, 11) is 0. The summed E-state index contributed by atoms with van der Waals surface area (Å²) >= 11 is 0.813. The van der Waals surface area contributed by atoms with E-state index in [0.29, 0.717) is 11.3 Å². The average molecular weight is 247 g/mol. The third-order valence-corrected chi connectivity index (χ3v) is 2.68. The number of nitro groups is 1. The molecule has 1 aromatic carbocycles.